The number of methoxy groups -OCH3 is 1. The van der Waals surface area contributed by atoms with E-state index in [9.17, 15) is 4.79 Å². The van der Waals surface area contributed by atoms with Gasteiger partial charge in [-0.1, -0.05) is 31.4 Å². The number of carbonyl (C=O) groups excluding carboxylic acids is 1. The van der Waals surface area contributed by atoms with Crippen LogP contribution in [0.25, 0.3) is 0 Å². The van der Waals surface area contributed by atoms with Crippen molar-refractivity contribution in [3.8, 4) is 5.75 Å². The van der Waals surface area contributed by atoms with E-state index in [4.69, 9.17) is 9.47 Å². The lowest BCUT2D eigenvalue weighted by molar-refractivity contribution is -0.123. The molecule has 2 aliphatic carbocycles. The molecule has 1 amide bonds. The zero-order valence-corrected chi connectivity index (χ0v) is 13.2. The van der Waals surface area contributed by atoms with Crippen LogP contribution in [0.2, 0.25) is 0 Å². The van der Waals surface area contributed by atoms with Crippen LogP contribution in [-0.4, -0.2) is 25.9 Å². The summed E-state index contributed by atoms with van der Waals surface area (Å²) in [5, 5.41) is 3.24. The number of nitrogens with one attached hydrogen (secondary N) is 1. The van der Waals surface area contributed by atoms with Gasteiger partial charge in [0.05, 0.1) is 0 Å². The van der Waals surface area contributed by atoms with Gasteiger partial charge in [-0.15, -0.1) is 0 Å². The molecule has 2 fully saturated rings. The van der Waals surface area contributed by atoms with Crippen molar-refractivity contribution in [3.05, 3.63) is 29.8 Å². The molecule has 0 heterocycles. The number of benzene rings is 1. The van der Waals surface area contributed by atoms with Crippen molar-refractivity contribution in [2.75, 3.05) is 13.9 Å². The number of hydrogen-bond donors (Lipinski definition) is 1. The SMILES string of the molecule is COCOc1ccc(C2CC2C(=O)NC2CCCCC2)cc1. The minimum absolute atomic E-state index is 0.160. The second kappa shape index (κ2) is 7.14. The molecule has 120 valence electrons. The maximum absolute atomic E-state index is 12.3. The number of rotatable bonds is 6. The maximum Gasteiger partial charge on any atom is 0.223 e. The quantitative estimate of drug-likeness (QED) is 0.821. The van der Waals surface area contributed by atoms with E-state index in [1.807, 2.05) is 12.1 Å². The lowest BCUT2D eigenvalue weighted by atomic mass is 9.95. The van der Waals surface area contributed by atoms with Gasteiger partial charge in [-0.05, 0) is 42.9 Å². The average Bonchev–Trinajstić information content (AvgIpc) is 3.35. The van der Waals surface area contributed by atoms with Crippen LogP contribution in [-0.2, 0) is 9.53 Å². The molecule has 22 heavy (non-hydrogen) atoms. The van der Waals surface area contributed by atoms with E-state index in [0.29, 0.717) is 12.0 Å². The second-order valence-electron chi connectivity index (χ2n) is 6.41. The zero-order valence-electron chi connectivity index (χ0n) is 13.2. The third-order valence-corrected chi connectivity index (χ3v) is 4.73. The van der Waals surface area contributed by atoms with E-state index in [-0.39, 0.29) is 18.6 Å². The molecule has 2 aliphatic rings. The molecule has 0 spiro atoms. The summed E-state index contributed by atoms with van der Waals surface area (Å²) in [5.41, 5.74) is 1.23. The van der Waals surface area contributed by atoms with E-state index in [1.165, 1.54) is 24.8 Å². The molecule has 1 N–H and O–H groups in total. The number of ether oxygens (including phenoxy) is 2. The Morgan fingerprint density at radius 2 is 1.91 bits per heavy atom. The van der Waals surface area contributed by atoms with Crippen molar-refractivity contribution in [2.45, 2.75) is 50.5 Å². The van der Waals surface area contributed by atoms with Crippen molar-refractivity contribution < 1.29 is 14.3 Å². The fourth-order valence-electron chi connectivity index (χ4n) is 3.35. The Hall–Kier alpha value is -1.55. The van der Waals surface area contributed by atoms with Crippen LogP contribution in [0.5, 0.6) is 5.75 Å². The Kier molecular flexibility index (Phi) is 4.98. The van der Waals surface area contributed by atoms with E-state index >= 15 is 0 Å². The van der Waals surface area contributed by atoms with Gasteiger partial charge < -0.3 is 14.8 Å². The fourth-order valence-corrected chi connectivity index (χ4v) is 3.35. The van der Waals surface area contributed by atoms with Gasteiger partial charge in [0.1, 0.15) is 5.75 Å². The van der Waals surface area contributed by atoms with Gasteiger partial charge in [0.2, 0.25) is 5.91 Å². The normalized spacial score (nSPS) is 24.8. The topological polar surface area (TPSA) is 47.6 Å². The summed E-state index contributed by atoms with van der Waals surface area (Å²) in [6, 6.07) is 8.42. The Labute approximate surface area is 132 Å². The first kappa shape index (κ1) is 15.3. The van der Waals surface area contributed by atoms with Crippen LogP contribution in [0.4, 0.5) is 0 Å². The smallest absolute Gasteiger partial charge is 0.223 e. The van der Waals surface area contributed by atoms with Crippen LogP contribution in [0.1, 0.15) is 50.0 Å². The number of amides is 1. The van der Waals surface area contributed by atoms with Crippen molar-refractivity contribution >= 4 is 5.91 Å². The summed E-state index contributed by atoms with van der Waals surface area (Å²) in [5.74, 6) is 1.58. The summed E-state index contributed by atoms with van der Waals surface area (Å²) >= 11 is 0. The van der Waals surface area contributed by atoms with Crippen LogP contribution in [0, 0.1) is 5.92 Å². The molecule has 4 nitrogen and oxygen atoms in total. The summed E-state index contributed by atoms with van der Waals surface area (Å²) in [4.78, 5) is 12.3. The molecule has 0 radical (unpaired) electrons. The van der Waals surface area contributed by atoms with Crippen molar-refractivity contribution in [1.29, 1.82) is 0 Å². The second-order valence-corrected chi connectivity index (χ2v) is 6.41. The maximum atomic E-state index is 12.3. The molecular weight excluding hydrogens is 278 g/mol. The fraction of sp³-hybridized carbons (Fsp3) is 0.611. The number of hydrogen-bond acceptors (Lipinski definition) is 3. The Morgan fingerprint density at radius 3 is 2.59 bits per heavy atom. The summed E-state index contributed by atoms with van der Waals surface area (Å²) in [7, 11) is 1.61. The molecular formula is C18H25NO3. The van der Waals surface area contributed by atoms with E-state index in [2.05, 4.69) is 17.4 Å². The first-order chi connectivity index (χ1) is 10.8. The molecule has 4 heteroatoms. The molecule has 0 aliphatic heterocycles. The van der Waals surface area contributed by atoms with Gasteiger partial charge in [0.15, 0.2) is 6.79 Å². The monoisotopic (exact) mass is 303 g/mol. The van der Waals surface area contributed by atoms with Crippen molar-refractivity contribution in [1.82, 2.24) is 5.32 Å². The summed E-state index contributed by atoms with van der Waals surface area (Å²) < 4.78 is 10.3. The van der Waals surface area contributed by atoms with Gasteiger partial charge in [-0.2, -0.15) is 0 Å². The molecule has 1 aromatic rings. The Morgan fingerprint density at radius 1 is 1.18 bits per heavy atom. The molecule has 3 rings (SSSR count). The summed E-state index contributed by atoms with van der Waals surface area (Å²) in [6.07, 6.45) is 7.08. The minimum atomic E-state index is 0.160. The van der Waals surface area contributed by atoms with Gasteiger partial charge in [0.25, 0.3) is 0 Å². The summed E-state index contributed by atoms with van der Waals surface area (Å²) in [6.45, 7) is 0.259. The van der Waals surface area contributed by atoms with Crippen molar-refractivity contribution in [3.63, 3.8) is 0 Å². The largest absolute Gasteiger partial charge is 0.468 e. The highest BCUT2D eigenvalue weighted by atomic mass is 16.7. The highest BCUT2D eigenvalue weighted by molar-refractivity contribution is 5.83. The average molecular weight is 303 g/mol. The Balaban J connectivity index is 1.49. The van der Waals surface area contributed by atoms with Crippen LogP contribution >= 0.6 is 0 Å². The Bertz CT molecular complexity index is 494. The van der Waals surface area contributed by atoms with Crippen molar-refractivity contribution in [2.24, 2.45) is 5.92 Å². The lowest BCUT2D eigenvalue weighted by Crippen LogP contribution is -2.37. The highest BCUT2D eigenvalue weighted by Crippen LogP contribution is 2.48. The first-order valence-corrected chi connectivity index (χ1v) is 8.30. The molecule has 0 saturated heterocycles. The van der Waals surface area contributed by atoms with Gasteiger partial charge in [0, 0.05) is 19.1 Å². The minimum Gasteiger partial charge on any atom is -0.468 e. The predicted octanol–water partition coefficient (Wildman–Crippen LogP) is 3.22. The van der Waals surface area contributed by atoms with Crippen LogP contribution < -0.4 is 10.1 Å². The van der Waals surface area contributed by atoms with Gasteiger partial charge >= 0.3 is 0 Å². The lowest BCUT2D eigenvalue weighted by Gasteiger charge is -2.22. The van der Waals surface area contributed by atoms with Gasteiger partial charge in [-0.3, -0.25) is 4.79 Å². The third-order valence-electron chi connectivity index (χ3n) is 4.73. The van der Waals surface area contributed by atoms with E-state index in [1.54, 1.807) is 7.11 Å². The van der Waals surface area contributed by atoms with E-state index in [0.717, 1.165) is 25.0 Å². The number of carbonyl (C=O) groups is 1. The zero-order chi connectivity index (χ0) is 15.4. The molecule has 0 bridgehead atoms. The standard InChI is InChI=1S/C18H25NO3/c1-21-12-22-15-9-7-13(8-10-15)16-11-17(16)18(20)19-14-5-3-2-4-6-14/h7-10,14,16-17H,2-6,11-12H2,1H3,(H,19,20). The van der Waals surface area contributed by atoms with Gasteiger partial charge in [-0.25, -0.2) is 0 Å². The molecule has 1 aromatic carbocycles. The van der Waals surface area contributed by atoms with Crippen LogP contribution in [0.15, 0.2) is 24.3 Å². The third kappa shape index (κ3) is 3.80. The predicted molar refractivity (Wildman–Crippen MR) is 84.8 cm³/mol. The van der Waals surface area contributed by atoms with E-state index < -0.39 is 0 Å². The molecule has 0 aromatic heterocycles. The molecule has 2 atom stereocenters. The highest BCUT2D eigenvalue weighted by Gasteiger charge is 2.44. The molecule has 2 saturated carbocycles. The first-order valence-electron chi connectivity index (χ1n) is 8.30. The van der Waals surface area contributed by atoms with Crippen LogP contribution in [0.3, 0.4) is 0 Å². The molecule has 2 unspecified atom stereocenters.